The van der Waals surface area contributed by atoms with Gasteiger partial charge in [-0.25, -0.2) is 27.8 Å². The average Bonchev–Trinajstić information content (AvgIpc) is 2.65. The van der Waals surface area contributed by atoms with E-state index in [-0.39, 0.29) is 16.6 Å². The molecule has 0 aliphatic rings. The van der Waals surface area contributed by atoms with E-state index in [1.54, 1.807) is 0 Å². The second-order valence-electron chi connectivity index (χ2n) is 8.54. The van der Waals surface area contributed by atoms with Crippen LogP contribution in [0, 0.1) is 10.2 Å². The van der Waals surface area contributed by atoms with Gasteiger partial charge in [0.2, 0.25) is 0 Å². The van der Waals surface area contributed by atoms with Gasteiger partial charge in [0.25, 0.3) is 0 Å². The smallest absolute Gasteiger partial charge is 0.279 e. The van der Waals surface area contributed by atoms with Crippen molar-refractivity contribution in [1.82, 2.24) is 4.57 Å². The summed E-state index contributed by atoms with van der Waals surface area (Å²) in [6, 6.07) is 0. The minimum absolute atomic E-state index is 0.0513. The molecule has 24 heavy (non-hydrogen) atoms. The van der Waals surface area contributed by atoms with Crippen LogP contribution in [-0.4, -0.2) is 16.3 Å². The lowest BCUT2D eigenvalue weighted by molar-refractivity contribution is -2.00. The summed E-state index contributed by atoms with van der Waals surface area (Å²) in [5.41, 5.74) is 0.0498. The van der Waals surface area contributed by atoms with Gasteiger partial charge < -0.3 is 0 Å². The van der Waals surface area contributed by atoms with E-state index in [9.17, 15) is 0 Å². The molecule has 0 atom stereocenters. The number of aliphatic imine (C=N–C) groups is 1. The minimum Gasteiger partial charge on any atom is -0.279 e. The van der Waals surface area contributed by atoms with Crippen molar-refractivity contribution in [2.24, 2.45) is 4.99 Å². The van der Waals surface area contributed by atoms with Gasteiger partial charge in [0.1, 0.15) is 29.7 Å². The maximum absolute atomic E-state index is 8.49. The molecule has 1 aromatic heterocycles. The summed E-state index contributed by atoms with van der Waals surface area (Å²) in [6.45, 7) is 19.7. The van der Waals surface area contributed by atoms with E-state index in [2.05, 4.69) is 88.8 Å². The highest BCUT2D eigenvalue weighted by Gasteiger charge is 2.31. The number of halogens is 1. The molecule has 0 radical (unpaired) electrons. The van der Waals surface area contributed by atoms with Crippen molar-refractivity contribution < 1.29 is 33.4 Å². The van der Waals surface area contributed by atoms with Gasteiger partial charge in [-0.15, -0.1) is 10.2 Å². The standard InChI is InChI=1S/C16H30N3.ClHO4/c1-14(2,3)17-12-13-18(15(4,5)6)10-11-19(13)16(7,8)9;2-1(3,4)5/h10-12H,1-9H3;(H,2,3,4,5)/q+1;/p-1. The van der Waals surface area contributed by atoms with Crippen molar-refractivity contribution in [2.75, 3.05) is 0 Å². The second kappa shape index (κ2) is 7.49. The molecular formula is C16H30ClN3O4. The lowest BCUT2D eigenvalue weighted by atomic mass is 10.1. The molecule has 0 aliphatic carbocycles. The van der Waals surface area contributed by atoms with Crippen LogP contribution < -0.4 is 23.2 Å². The lowest BCUT2D eigenvalue weighted by Gasteiger charge is -2.20. The lowest BCUT2D eigenvalue weighted by Crippen LogP contribution is -2.68. The maximum Gasteiger partial charge on any atom is 0.300 e. The summed E-state index contributed by atoms with van der Waals surface area (Å²) in [5.74, 6) is 1.15. The Morgan fingerprint density at radius 2 is 1.38 bits per heavy atom. The zero-order valence-electron chi connectivity index (χ0n) is 16.1. The average molecular weight is 364 g/mol. The highest BCUT2D eigenvalue weighted by atomic mass is 35.7. The summed E-state index contributed by atoms with van der Waals surface area (Å²) in [4.78, 5) is 4.68. The third-order valence-corrected chi connectivity index (χ3v) is 2.87. The van der Waals surface area contributed by atoms with E-state index in [1.807, 2.05) is 6.21 Å². The van der Waals surface area contributed by atoms with E-state index in [4.69, 9.17) is 18.6 Å². The van der Waals surface area contributed by atoms with Crippen molar-refractivity contribution >= 4 is 6.21 Å². The van der Waals surface area contributed by atoms with E-state index in [0.29, 0.717) is 0 Å². The highest BCUT2D eigenvalue weighted by Crippen LogP contribution is 2.17. The monoisotopic (exact) mass is 363 g/mol. The number of aromatic nitrogens is 2. The largest absolute Gasteiger partial charge is 0.300 e. The van der Waals surface area contributed by atoms with Crippen LogP contribution in [0.25, 0.3) is 0 Å². The van der Waals surface area contributed by atoms with Gasteiger partial charge in [0.15, 0.2) is 0 Å². The SMILES string of the molecule is CC(C)(C)N=Cc1n(C(C)(C)C)cc[n+]1C(C)(C)C.[O-][Cl+3]([O-])([O-])[O-]. The number of rotatable bonds is 1. The van der Waals surface area contributed by atoms with Crippen LogP contribution in [0.4, 0.5) is 0 Å². The third kappa shape index (κ3) is 9.34. The first-order valence-corrected chi connectivity index (χ1v) is 8.87. The molecule has 0 aliphatic heterocycles. The second-order valence-corrected chi connectivity index (χ2v) is 9.30. The molecule has 0 aromatic carbocycles. The molecule has 0 saturated heterocycles. The van der Waals surface area contributed by atoms with Crippen molar-refractivity contribution in [3.63, 3.8) is 0 Å². The number of nitrogens with zero attached hydrogens (tertiary/aromatic N) is 3. The van der Waals surface area contributed by atoms with Crippen LogP contribution in [-0.2, 0) is 11.1 Å². The molecule has 0 amide bonds. The Hall–Kier alpha value is -0.990. The van der Waals surface area contributed by atoms with Crippen molar-refractivity contribution in [3.05, 3.63) is 18.2 Å². The normalized spacial score (nSPS) is 13.9. The zero-order valence-corrected chi connectivity index (χ0v) is 16.8. The van der Waals surface area contributed by atoms with Crippen molar-refractivity contribution in [2.45, 2.75) is 78.9 Å². The third-order valence-electron chi connectivity index (χ3n) is 2.87. The highest BCUT2D eigenvalue weighted by molar-refractivity contribution is 5.73. The van der Waals surface area contributed by atoms with Crippen molar-refractivity contribution in [1.29, 1.82) is 0 Å². The van der Waals surface area contributed by atoms with E-state index >= 15 is 0 Å². The minimum atomic E-state index is -4.94. The first-order chi connectivity index (χ1) is 10.3. The van der Waals surface area contributed by atoms with E-state index in [0.717, 1.165) is 5.82 Å². The van der Waals surface area contributed by atoms with Gasteiger partial charge in [-0.2, -0.15) is 0 Å². The predicted octanol–water partition coefficient (Wildman–Crippen LogP) is -1.25. The summed E-state index contributed by atoms with van der Waals surface area (Å²) in [7, 11) is -4.94. The molecule has 1 rings (SSSR count). The quantitative estimate of drug-likeness (QED) is 0.458. The molecule has 0 spiro atoms. The topological polar surface area (TPSA) is 113 Å². The fraction of sp³-hybridized carbons (Fsp3) is 0.750. The Bertz CT molecular complexity index is 518. The van der Waals surface area contributed by atoms with Gasteiger partial charge in [0, 0.05) is 0 Å². The van der Waals surface area contributed by atoms with Crippen LogP contribution in [0.2, 0.25) is 0 Å². The molecule has 0 unspecified atom stereocenters. The van der Waals surface area contributed by atoms with Gasteiger partial charge in [-0.3, -0.25) is 4.99 Å². The zero-order chi connectivity index (χ0) is 19.6. The molecule has 0 N–H and O–H groups in total. The Kier molecular flexibility index (Phi) is 7.18. The van der Waals surface area contributed by atoms with E-state index < -0.39 is 10.2 Å². The Balaban J connectivity index is 0.000000922. The van der Waals surface area contributed by atoms with Crippen LogP contribution >= 0.6 is 0 Å². The summed E-state index contributed by atoms with van der Waals surface area (Å²) >= 11 is 0. The van der Waals surface area contributed by atoms with Gasteiger partial charge in [-0.1, -0.05) is 0 Å². The molecule has 8 heteroatoms. The first kappa shape index (κ1) is 23.0. The van der Waals surface area contributed by atoms with Gasteiger partial charge in [-0.05, 0) is 62.3 Å². The fourth-order valence-electron chi connectivity index (χ4n) is 1.91. The van der Waals surface area contributed by atoms with Crippen LogP contribution in [0.5, 0.6) is 0 Å². The molecule has 1 aromatic rings. The van der Waals surface area contributed by atoms with Gasteiger partial charge in [0.05, 0.1) is 5.54 Å². The summed E-state index contributed by atoms with van der Waals surface area (Å²) < 4.78 is 38.5. The number of imidazole rings is 1. The molecule has 0 saturated carbocycles. The molecule has 7 nitrogen and oxygen atoms in total. The molecule has 0 fully saturated rings. The van der Waals surface area contributed by atoms with Crippen LogP contribution in [0.15, 0.2) is 17.4 Å². The maximum atomic E-state index is 8.49. The van der Waals surface area contributed by atoms with Crippen molar-refractivity contribution in [3.8, 4) is 0 Å². The Morgan fingerprint density at radius 1 is 0.958 bits per heavy atom. The summed E-state index contributed by atoms with van der Waals surface area (Å²) in [5, 5.41) is 0. The fourth-order valence-corrected chi connectivity index (χ4v) is 1.91. The molecule has 0 bridgehead atoms. The first-order valence-electron chi connectivity index (χ1n) is 7.63. The predicted molar refractivity (Wildman–Crippen MR) is 82.0 cm³/mol. The van der Waals surface area contributed by atoms with Crippen LogP contribution in [0.3, 0.4) is 0 Å². The Labute approximate surface area is 147 Å². The number of hydrogen-bond donors (Lipinski definition) is 0. The molecule has 1 heterocycles. The Morgan fingerprint density at radius 3 is 1.67 bits per heavy atom. The molecular weight excluding hydrogens is 334 g/mol. The van der Waals surface area contributed by atoms with Gasteiger partial charge >= 0.3 is 5.82 Å². The molecule has 140 valence electrons. The van der Waals surface area contributed by atoms with Crippen LogP contribution in [0.1, 0.15) is 68.1 Å². The van der Waals surface area contributed by atoms with E-state index in [1.165, 1.54) is 0 Å². The number of hydrogen-bond acceptors (Lipinski definition) is 5. The summed E-state index contributed by atoms with van der Waals surface area (Å²) in [6.07, 6.45) is 6.31.